The van der Waals surface area contributed by atoms with Crippen LogP contribution in [0.15, 0.2) is 0 Å². The first-order valence-corrected chi connectivity index (χ1v) is 6.13. The first-order chi connectivity index (χ1) is 8.71. The largest absolute Gasteiger partial charge is 0.467 e. The lowest BCUT2D eigenvalue weighted by Crippen LogP contribution is -2.47. The van der Waals surface area contributed by atoms with Gasteiger partial charge in [0, 0.05) is 5.54 Å². The van der Waals surface area contributed by atoms with Gasteiger partial charge in [0.25, 0.3) is 0 Å². The van der Waals surface area contributed by atoms with Crippen LogP contribution in [0.25, 0.3) is 0 Å². The number of rotatable bonds is 4. The van der Waals surface area contributed by atoms with Crippen LogP contribution in [0.4, 0.5) is 5.95 Å². The van der Waals surface area contributed by atoms with Gasteiger partial charge in [-0.15, -0.1) is 0 Å². The van der Waals surface area contributed by atoms with Crippen LogP contribution in [-0.4, -0.2) is 39.5 Å². The topological polar surface area (TPSA) is 89.0 Å². The predicted octanol–water partition coefficient (Wildman–Crippen LogP) is 1.25. The smallest absolute Gasteiger partial charge is 0.322 e. The van der Waals surface area contributed by atoms with Gasteiger partial charge in [0.15, 0.2) is 0 Å². The number of hydrogen-bond acceptors (Lipinski definition) is 6. The lowest BCUT2D eigenvalue weighted by molar-refractivity contribution is -0.122. The number of halogens is 1. The van der Waals surface area contributed by atoms with Crippen LogP contribution in [-0.2, 0) is 4.79 Å². The summed E-state index contributed by atoms with van der Waals surface area (Å²) in [7, 11) is 1.42. The molecule has 0 aromatic carbocycles. The Kier molecular flexibility index (Phi) is 4.88. The van der Waals surface area contributed by atoms with E-state index in [9.17, 15) is 4.79 Å². The third-order valence-electron chi connectivity index (χ3n) is 2.01. The van der Waals surface area contributed by atoms with Crippen molar-refractivity contribution in [2.75, 3.05) is 12.4 Å². The summed E-state index contributed by atoms with van der Waals surface area (Å²) in [5.41, 5.74) is -0.304. The van der Waals surface area contributed by atoms with Crippen LogP contribution in [0.3, 0.4) is 0 Å². The Morgan fingerprint density at radius 2 is 1.95 bits per heavy atom. The van der Waals surface area contributed by atoms with Gasteiger partial charge < -0.3 is 15.4 Å². The van der Waals surface area contributed by atoms with Gasteiger partial charge in [0.2, 0.25) is 17.1 Å². The molecule has 0 bridgehead atoms. The molecule has 0 aliphatic carbocycles. The summed E-state index contributed by atoms with van der Waals surface area (Å²) in [4.78, 5) is 23.5. The standard InChI is InChI=1S/C11H18ClN5O2/c1-6(7(18)17-11(2,3)4)13-9-14-8(12)15-10(16-9)19-5/h6H,1-5H3,(H,17,18)(H,13,14,15,16). The minimum Gasteiger partial charge on any atom is -0.467 e. The lowest BCUT2D eigenvalue weighted by Gasteiger charge is -2.23. The van der Waals surface area contributed by atoms with Crippen molar-refractivity contribution in [1.82, 2.24) is 20.3 Å². The Hall–Kier alpha value is -1.63. The number of methoxy groups -OCH3 is 1. The molecule has 1 amide bonds. The third-order valence-corrected chi connectivity index (χ3v) is 2.18. The van der Waals surface area contributed by atoms with E-state index in [1.165, 1.54) is 7.11 Å². The summed E-state index contributed by atoms with van der Waals surface area (Å²) in [6.45, 7) is 7.41. The Bertz CT molecular complexity index is 461. The van der Waals surface area contributed by atoms with Gasteiger partial charge in [-0.05, 0) is 39.3 Å². The highest BCUT2D eigenvalue weighted by molar-refractivity contribution is 6.28. The number of amides is 1. The van der Waals surface area contributed by atoms with E-state index >= 15 is 0 Å². The second kappa shape index (κ2) is 6.01. The quantitative estimate of drug-likeness (QED) is 0.866. The molecule has 1 heterocycles. The van der Waals surface area contributed by atoms with Crippen molar-refractivity contribution in [2.24, 2.45) is 0 Å². The number of nitrogens with zero attached hydrogens (tertiary/aromatic N) is 3. The highest BCUT2D eigenvalue weighted by Crippen LogP contribution is 2.11. The molecule has 0 saturated heterocycles. The Labute approximate surface area is 117 Å². The van der Waals surface area contributed by atoms with Crippen LogP contribution >= 0.6 is 11.6 Å². The Morgan fingerprint density at radius 1 is 1.32 bits per heavy atom. The molecule has 1 aromatic rings. The molecule has 0 radical (unpaired) electrons. The molecule has 106 valence electrons. The molecule has 0 aliphatic rings. The molecule has 2 N–H and O–H groups in total. The predicted molar refractivity (Wildman–Crippen MR) is 72.4 cm³/mol. The van der Waals surface area contributed by atoms with Crippen LogP contribution < -0.4 is 15.4 Å². The van der Waals surface area contributed by atoms with Crippen LogP contribution in [0.2, 0.25) is 5.28 Å². The maximum absolute atomic E-state index is 11.9. The van der Waals surface area contributed by atoms with Gasteiger partial charge in [-0.25, -0.2) is 0 Å². The van der Waals surface area contributed by atoms with E-state index in [1.54, 1.807) is 6.92 Å². The first-order valence-electron chi connectivity index (χ1n) is 5.75. The van der Waals surface area contributed by atoms with Crippen LogP contribution in [0.1, 0.15) is 27.7 Å². The van der Waals surface area contributed by atoms with Crippen molar-refractivity contribution in [2.45, 2.75) is 39.3 Å². The first kappa shape index (κ1) is 15.4. The second-order valence-corrected chi connectivity index (χ2v) is 5.36. The summed E-state index contributed by atoms with van der Waals surface area (Å²) in [5, 5.41) is 5.68. The highest BCUT2D eigenvalue weighted by atomic mass is 35.5. The average Bonchev–Trinajstić information content (AvgIpc) is 2.25. The molecule has 1 unspecified atom stereocenters. The van der Waals surface area contributed by atoms with E-state index in [1.807, 2.05) is 20.8 Å². The molecule has 0 spiro atoms. The summed E-state index contributed by atoms with van der Waals surface area (Å²) >= 11 is 5.72. The van der Waals surface area contributed by atoms with Crippen LogP contribution in [0.5, 0.6) is 6.01 Å². The van der Waals surface area contributed by atoms with Gasteiger partial charge >= 0.3 is 6.01 Å². The third kappa shape index (κ3) is 5.25. The van der Waals surface area contributed by atoms with Crippen molar-refractivity contribution < 1.29 is 9.53 Å². The van der Waals surface area contributed by atoms with E-state index in [-0.39, 0.29) is 28.7 Å². The molecular formula is C11H18ClN5O2. The van der Waals surface area contributed by atoms with Crippen LogP contribution in [0, 0.1) is 0 Å². The Morgan fingerprint density at radius 3 is 2.47 bits per heavy atom. The number of anilines is 1. The molecule has 1 aromatic heterocycles. The van der Waals surface area contributed by atoms with Crippen molar-refractivity contribution in [3.8, 4) is 6.01 Å². The van der Waals surface area contributed by atoms with Gasteiger partial charge in [0.05, 0.1) is 7.11 Å². The van der Waals surface area contributed by atoms with E-state index in [0.717, 1.165) is 0 Å². The number of carbonyl (C=O) groups is 1. The normalized spacial score (nSPS) is 12.7. The molecule has 19 heavy (non-hydrogen) atoms. The summed E-state index contributed by atoms with van der Waals surface area (Å²) in [6, 6.07) is -0.423. The van der Waals surface area contributed by atoms with E-state index in [0.29, 0.717) is 0 Å². The monoisotopic (exact) mass is 287 g/mol. The van der Waals surface area contributed by atoms with E-state index < -0.39 is 6.04 Å². The van der Waals surface area contributed by atoms with E-state index in [2.05, 4.69) is 25.6 Å². The molecular weight excluding hydrogens is 270 g/mol. The fraction of sp³-hybridized carbons (Fsp3) is 0.636. The number of hydrogen-bond donors (Lipinski definition) is 2. The fourth-order valence-electron chi connectivity index (χ4n) is 1.22. The SMILES string of the molecule is COc1nc(Cl)nc(NC(C)C(=O)NC(C)(C)C)n1. The summed E-state index contributed by atoms with van der Waals surface area (Å²) in [6.07, 6.45) is 0. The molecule has 1 atom stereocenters. The summed E-state index contributed by atoms with van der Waals surface area (Å²) in [5.74, 6) is 0.0245. The maximum atomic E-state index is 11.9. The number of ether oxygens (including phenoxy) is 1. The number of aromatic nitrogens is 3. The van der Waals surface area contributed by atoms with Gasteiger partial charge in [0.1, 0.15) is 6.04 Å². The molecule has 1 rings (SSSR count). The van der Waals surface area contributed by atoms with Gasteiger partial charge in [-0.2, -0.15) is 15.0 Å². The zero-order valence-electron chi connectivity index (χ0n) is 11.6. The molecule has 0 fully saturated rings. The lowest BCUT2D eigenvalue weighted by atomic mass is 10.1. The van der Waals surface area contributed by atoms with Crippen molar-refractivity contribution >= 4 is 23.5 Å². The van der Waals surface area contributed by atoms with Gasteiger partial charge in [-0.3, -0.25) is 4.79 Å². The molecule has 0 saturated carbocycles. The van der Waals surface area contributed by atoms with Crippen molar-refractivity contribution in [3.05, 3.63) is 5.28 Å². The zero-order chi connectivity index (χ0) is 14.6. The highest BCUT2D eigenvalue weighted by Gasteiger charge is 2.20. The molecule has 7 nitrogen and oxygen atoms in total. The molecule has 8 heteroatoms. The minimum atomic E-state index is -0.512. The number of nitrogens with one attached hydrogen (secondary N) is 2. The Balaban J connectivity index is 2.74. The molecule has 0 aliphatic heterocycles. The minimum absolute atomic E-state index is 0.00206. The van der Waals surface area contributed by atoms with Crippen molar-refractivity contribution in [1.29, 1.82) is 0 Å². The summed E-state index contributed by atoms with van der Waals surface area (Å²) < 4.78 is 4.87. The average molecular weight is 288 g/mol. The second-order valence-electron chi connectivity index (χ2n) is 5.02. The van der Waals surface area contributed by atoms with Crippen molar-refractivity contribution in [3.63, 3.8) is 0 Å². The van der Waals surface area contributed by atoms with Gasteiger partial charge in [-0.1, -0.05) is 0 Å². The zero-order valence-corrected chi connectivity index (χ0v) is 12.4. The number of carbonyl (C=O) groups excluding carboxylic acids is 1. The van der Waals surface area contributed by atoms with E-state index in [4.69, 9.17) is 16.3 Å². The fourth-order valence-corrected chi connectivity index (χ4v) is 1.38. The maximum Gasteiger partial charge on any atom is 0.322 e.